The highest BCUT2D eigenvalue weighted by molar-refractivity contribution is 6.25. The van der Waals surface area contributed by atoms with Crippen LogP contribution in [0.15, 0.2) is 29.3 Å². The molecule has 0 aliphatic heterocycles. The fraction of sp³-hybridized carbons (Fsp3) is 0.429. The van der Waals surface area contributed by atoms with Crippen molar-refractivity contribution in [2.24, 2.45) is 0 Å². The highest BCUT2D eigenvalue weighted by atomic mass is 35.5. The molecular formula is C14H17ClFNO. The molecule has 1 aliphatic carbocycles. The quantitative estimate of drug-likeness (QED) is 0.852. The summed E-state index contributed by atoms with van der Waals surface area (Å²) in [5.41, 5.74) is 3.23. The molecule has 1 saturated carbocycles. The van der Waals surface area contributed by atoms with Crippen molar-refractivity contribution in [1.29, 1.82) is 0 Å². The third-order valence-electron chi connectivity index (χ3n) is 2.81. The Labute approximate surface area is 112 Å². The van der Waals surface area contributed by atoms with Crippen LogP contribution in [0.2, 0.25) is 0 Å². The van der Waals surface area contributed by atoms with E-state index in [0.717, 1.165) is 11.1 Å². The molecule has 0 spiro atoms. The van der Waals surface area contributed by atoms with Crippen molar-refractivity contribution in [3.8, 4) is 5.75 Å². The van der Waals surface area contributed by atoms with E-state index < -0.39 is 0 Å². The zero-order chi connectivity index (χ0) is 13.0. The molecule has 4 heteroatoms. The van der Waals surface area contributed by atoms with Crippen molar-refractivity contribution >= 4 is 11.6 Å². The Bertz CT molecular complexity index is 443. The van der Waals surface area contributed by atoms with Gasteiger partial charge in [0, 0.05) is 18.1 Å². The molecule has 18 heavy (non-hydrogen) atoms. The van der Waals surface area contributed by atoms with E-state index in [0.29, 0.717) is 19.2 Å². The molecule has 98 valence electrons. The van der Waals surface area contributed by atoms with Gasteiger partial charge in [0.2, 0.25) is 0 Å². The molecule has 0 heterocycles. The maximum atomic E-state index is 13.7. The second kappa shape index (κ2) is 6.21. The van der Waals surface area contributed by atoms with Crippen LogP contribution in [-0.4, -0.2) is 12.6 Å². The van der Waals surface area contributed by atoms with E-state index in [1.165, 1.54) is 24.4 Å². The molecule has 1 fully saturated rings. The van der Waals surface area contributed by atoms with E-state index in [-0.39, 0.29) is 11.6 Å². The second-order valence-electron chi connectivity index (χ2n) is 4.66. The summed E-state index contributed by atoms with van der Waals surface area (Å²) < 4.78 is 19.1. The van der Waals surface area contributed by atoms with Crippen LogP contribution in [0.3, 0.4) is 0 Å². The highest BCUT2D eigenvalue weighted by Crippen LogP contribution is 2.22. The Balaban J connectivity index is 1.91. The first kappa shape index (κ1) is 13.4. The largest absolute Gasteiger partial charge is 0.486 e. The fourth-order valence-corrected chi connectivity index (χ4v) is 1.61. The lowest BCUT2D eigenvalue weighted by Gasteiger charge is -2.09. The number of rotatable bonds is 6. The number of benzene rings is 1. The van der Waals surface area contributed by atoms with E-state index in [9.17, 15) is 4.39 Å². The lowest BCUT2D eigenvalue weighted by Crippen LogP contribution is -2.15. The van der Waals surface area contributed by atoms with Crippen LogP contribution in [0.5, 0.6) is 5.75 Å². The minimum absolute atomic E-state index is 0.267. The lowest BCUT2D eigenvalue weighted by atomic mass is 10.2. The van der Waals surface area contributed by atoms with Gasteiger partial charge in [0.15, 0.2) is 11.6 Å². The number of hydrogen-bond donors (Lipinski definition) is 1. The fourth-order valence-electron chi connectivity index (χ4n) is 1.54. The monoisotopic (exact) mass is 269 g/mol. The van der Waals surface area contributed by atoms with Crippen LogP contribution in [-0.2, 0) is 6.54 Å². The normalized spacial score (nSPS) is 15.8. The first-order valence-electron chi connectivity index (χ1n) is 6.09. The molecule has 1 aromatic carbocycles. The molecule has 1 aliphatic rings. The van der Waals surface area contributed by atoms with Gasteiger partial charge in [0.1, 0.15) is 6.61 Å². The third kappa shape index (κ3) is 4.00. The van der Waals surface area contributed by atoms with Gasteiger partial charge >= 0.3 is 0 Å². The summed E-state index contributed by atoms with van der Waals surface area (Å²) in [5.74, 6) is -0.0597. The average molecular weight is 270 g/mol. The maximum absolute atomic E-state index is 13.7. The topological polar surface area (TPSA) is 21.3 Å². The number of ether oxygens (including phenoxy) is 1. The Morgan fingerprint density at radius 3 is 2.94 bits per heavy atom. The van der Waals surface area contributed by atoms with Crippen LogP contribution in [0, 0.1) is 5.82 Å². The lowest BCUT2D eigenvalue weighted by molar-refractivity contribution is 0.332. The van der Waals surface area contributed by atoms with E-state index in [1.54, 1.807) is 6.07 Å². The van der Waals surface area contributed by atoms with Gasteiger partial charge in [-0.1, -0.05) is 17.7 Å². The minimum Gasteiger partial charge on any atom is -0.486 e. The third-order valence-corrected chi connectivity index (χ3v) is 3.18. The molecule has 0 saturated heterocycles. The minimum atomic E-state index is -0.326. The summed E-state index contributed by atoms with van der Waals surface area (Å²) in [4.78, 5) is 0. The van der Waals surface area contributed by atoms with E-state index >= 15 is 0 Å². The van der Waals surface area contributed by atoms with Crippen molar-refractivity contribution in [3.05, 3.63) is 40.7 Å². The van der Waals surface area contributed by atoms with Crippen molar-refractivity contribution in [1.82, 2.24) is 5.32 Å². The number of nitrogens with one attached hydrogen (secondary N) is 1. The number of halogens is 2. The SMILES string of the molecule is C/C(=C/Cl)COc1ccc(CNC2CC2)cc1F. The summed E-state index contributed by atoms with van der Waals surface area (Å²) in [6.45, 7) is 2.85. The van der Waals surface area contributed by atoms with Crippen molar-refractivity contribution in [3.63, 3.8) is 0 Å². The van der Waals surface area contributed by atoms with Crippen LogP contribution in [0.4, 0.5) is 4.39 Å². The van der Waals surface area contributed by atoms with Gasteiger partial charge in [-0.3, -0.25) is 0 Å². The van der Waals surface area contributed by atoms with Crippen molar-refractivity contribution in [2.75, 3.05) is 6.61 Å². The van der Waals surface area contributed by atoms with Gasteiger partial charge in [-0.25, -0.2) is 4.39 Å². The van der Waals surface area contributed by atoms with Gasteiger partial charge in [-0.2, -0.15) is 0 Å². The molecule has 0 amide bonds. The molecule has 0 unspecified atom stereocenters. The van der Waals surface area contributed by atoms with E-state index in [2.05, 4.69) is 5.32 Å². The van der Waals surface area contributed by atoms with Crippen LogP contribution >= 0.6 is 11.6 Å². The zero-order valence-electron chi connectivity index (χ0n) is 10.4. The Morgan fingerprint density at radius 1 is 1.56 bits per heavy atom. The predicted octanol–water partition coefficient (Wildman–Crippen LogP) is 3.60. The zero-order valence-corrected chi connectivity index (χ0v) is 11.1. The van der Waals surface area contributed by atoms with Crippen molar-refractivity contribution < 1.29 is 9.13 Å². The maximum Gasteiger partial charge on any atom is 0.165 e. The average Bonchev–Trinajstić information content (AvgIpc) is 3.18. The van der Waals surface area contributed by atoms with Crippen LogP contribution in [0.25, 0.3) is 0 Å². The Kier molecular flexibility index (Phi) is 4.61. The van der Waals surface area contributed by atoms with Gasteiger partial charge in [-0.05, 0) is 43.0 Å². The first-order valence-corrected chi connectivity index (χ1v) is 6.53. The van der Waals surface area contributed by atoms with Crippen LogP contribution in [0.1, 0.15) is 25.3 Å². The molecule has 0 bridgehead atoms. The van der Waals surface area contributed by atoms with E-state index in [4.69, 9.17) is 16.3 Å². The summed E-state index contributed by atoms with van der Waals surface area (Å²) >= 11 is 5.52. The van der Waals surface area contributed by atoms with Gasteiger partial charge in [0.25, 0.3) is 0 Å². The summed E-state index contributed by atoms with van der Waals surface area (Å²) in [7, 11) is 0. The molecule has 0 radical (unpaired) electrons. The molecule has 2 rings (SSSR count). The number of hydrogen-bond acceptors (Lipinski definition) is 2. The summed E-state index contributed by atoms with van der Waals surface area (Å²) in [5, 5.41) is 3.34. The smallest absolute Gasteiger partial charge is 0.165 e. The van der Waals surface area contributed by atoms with Crippen molar-refractivity contribution in [2.45, 2.75) is 32.4 Å². The molecule has 0 atom stereocenters. The summed E-state index contributed by atoms with van der Waals surface area (Å²) in [6.07, 6.45) is 2.46. The molecule has 1 aromatic rings. The van der Waals surface area contributed by atoms with Gasteiger partial charge < -0.3 is 10.1 Å². The predicted molar refractivity (Wildman–Crippen MR) is 71.4 cm³/mol. The first-order chi connectivity index (χ1) is 8.69. The second-order valence-corrected chi connectivity index (χ2v) is 4.88. The Hall–Kier alpha value is -1.06. The Morgan fingerprint density at radius 2 is 2.33 bits per heavy atom. The van der Waals surface area contributed by atoms with Crippen LogP contribution < -0.4 is 10.1 Å². The highest BCUT2D eigenvalue weighted by Gasteiger charge is 2.20. The van der Waals surface area contributed by atoms with E-state index in [1.807, 2.05) is 13.0 Å². The molecule has 0 aromatic heterocycles. The van der Waals surface area contributed by atoms with Gasteiger partial charge in [-0.15, -0.1) is 0 Å². The molecule has 1 N–H and O–H groups in total. The molecule has 2 nitrogen and oxygen atoms in total. The van der Waals surface area contributed by atoms with Gasteiger partial charge in [0.05, 0.1) is 0 Å². The standard InChI is InChI=1S/C14H17ClFNO/c1-10(7-15)9-18-14-5-2-11(6-13(14)16)8-17-12-3-4-12/h2,5-7,12,17H,3-4,8-9H2,1H3/b10-7-. The summed E-state index contributed by atoms with van der Waals surface area (Å²) in [6, 6.07) is 5.69. The molecular weight excluding hydrogens is 253 g/mol.